The Balaban J connectivity index is 0.987. The number of rotatable bonds is 7. The van der Waals surface area contributed by atoms with Gasteiger partial charge in [0.1, 0.15) is 17.3 Å². The molecule has 12 rings (SSSR count). The Morgan fingerprint density at radius 1 is 0.607 bits per heavy atom. The van der Waals surface area contributed by atoms with Gasteiger partial charge in [-0.05, 0) is 101 Å². The largest absolute Gasteiger partial charge is 0.455 e. The molecular weight excluding hydrogens is 745 g/mol. The minimum absolute atomic E-state index is 0.286. The van der Waals surface area contributed by atoms with Crippen LogP contribution in [0.1, 0.15) is 36.2 Å². The minimum Gasteiger partial charge on any atom is -0.455 e. The first-order valence-corrected chi connectivity index (χ1v) is 21.2. The van der Waals surface area contributed by atoms with Crippen LogP contribution in [-0.2, 0) is 0 Å². The van der Waals surface area contributed by atoms with Gasteiger partial charge in [0.25, 0.3) is 0 Å². The fraction of sp³-hybridized carbons (Fsp3) is 0.0714. The molecule has 7 aromatic carbocycles. The van der Waals surface area contributed by atoms with Crippen LogP contribution in [0.2, 0.25) is 0 Å². The lowest BCUT2D eigenvalue weighted by atomic mass is 10.00. The van der Waals surface area contributed by atoms with E-state index in [9.17, 15) is 0 Å². The van der Waals surface area contributed by atoms with E-state index in [0.717, 1.165) is 84.7 Å². The summed E-state index contributed by atoms with van der Waals surface area (Å²) >= 11 is 0. The Labute approximate surface area is 353 Å². The van der Waals surface area contributed by atoms with Gasteiger partial charge in [-0.25, -0.2) is 0 Å². The Morgan fingerprint density at radius 3 is 2.13 bits per heavy atom. The molecule has 2 aliphatic rings. The number of fused-ring (bicyclic) bond motifs is 10. The third-order valence-corrected chi connectivity index (χ3v) is 12.7. The molecule has 10 aromatic rings. The van der Waals surface area contributed by atoms with Gasteiger partial charge in [-0.1, -0.05) is 140 Å². The lowest BCUT2D eigenvalue weighted by molar-refractivity contribution is 0.648. The Morgan fingerprint density at radius 2 is 1.33 bits per heavy atom. The minimum atomic E-state index is -0.408. The van der Waals surface area contributed by atoms with E-state index in [0.29, 0.717) is 0 Å². The monoisotopic (exact) mass is 786 g/mol. The summed E-state index contributed by atoms with van der Waals surface area (Å²) in [5, 5.41) is 10.7. The molecule has 0 bridgehead atoms. The lowest BCUT2D eigenvalue weighted by Gasteiger charge is -2.22. The van der Waals surface area contributed by atoms with Crippen LogP contribution in [0.4, 0.5) is 0 Å². The zero-order chi connectivity index (χ0) is 40.4. The third-order valence-electron chi connectivity index (χ3n) is 12.7. The van der Waals surface area contributed by atoms with Crippen molar-refractivity contribution in [2.45, 2.75) is 25.0 Å². The van der Waals surface area contributed by atoms with Gasteiger partial charge >= 0.3 is 0 Å². The van der Waals surface area contributed by atoms with Gasteiger partial charge in [-0.2, -0.15) is 0 Å². The van der Waals surface area contributed by atoms with Crippen molar-refractivity contribution >= 4 is 71.2 Å². The fourth-order valence-electron chi connectivity index (χ4n) is 9.78. The van der Waals surface area contributed by atoms with Crippen molar-refractivity contribution in [3.05, 3.63) is 217 Å². The van der Waals surface area contributed by atoms with Crippen LogP contribution in [-0.4, -0.2) is 9.13 Å². The standard InChI is InChI=1S/C56H42N4O/c57-56(58-54(36-14-4-1-5-15-36)37-16-6-2-7-17-37)38-24-28-42(29-25-38)60-50-32-27-40(35-47(50)53-51(60)33-30-45-44-21-11-13-23-52(44)61-55(45)53)39-26-31-49-46(34-39)43-20-10-12-22-48(43)59(49)41-18-8-3-9-19-41/h1-16,18,20-35,41,56,58H,17,19,57H2/b54-37-. The molecule has 3 heterocycles. The maximum atomic E-state index is 6.95. The summed E-state index contributed by atoms with van der Waals surface area (Å²) in [6.45, 7) is 0. The van der Waals surface area contributed by atoms with Gasteiger partial charge < -0.3 is 24.6 Å². The predicted octanol–water partition coefficient (Wildman–Crippen LogP) is 14.0. The molecule has 0 fully saturated rings. The highest BCUT2D eigenvalue weighted by Crippen LogP contribution is 2.43. The summed E-state index contributed by atoms with van der Waals surface area (Å²) < 4.78 is 11.6. The van der Waals surface area contributed by atoms with Crippen LogP contribution in [0.15, 0.2) is 210 Å². The van der Waals surface area contributed by atoms with E-state index < -0.39 is 6.17 Å². The second-order valence-electron chi connectivity index (χ2n) is 16.2. The number of allylic oxidation sites excluding steroid dienone is 9. The molecule has 3 aromatic heterocycles. The van der Waals surface area contributed by atoms with Gasteiger partial charge in [0.2, 0.25) is 0 Å². The van der Waals surface area contributed by atoms with Crippen LogP contribution >= 0.6 is 0 Å². The number of nitrogens with two attached hydrogens (primary N) is 1. The Kier molecular flexibility index (Phi) is 8.29. The smallest absolute Gasteiger partial charge is 0.145 e. The highest BCUT2D eigenvalue weighted by Gasteiger charge is 2.22. The SMILES string of the molecule is NC(N/C(=C1/C=CC=CC1)c1ccccc1)c1ccc(-n2c3ccc(-c4ccc5c(c4)c4ccccc4n5C4C=CC=CC4)cc3c3c4oc5ccccc5c4ccc32)cc1. The molecule has 3 N–H and O–H groups in total. The molecule has 292 valence electrons. The molecular formula is C56H42N4O. The van der Waals surface area contributed by atoms with Crippen molar-refractivity contribution in [2.24, 2.45) is 5.73 Å². The molecule has 0 spiro atoms. The van der Waals surface area contributed by atoms with E-state index >= 15 is 0 Å². The van der Waals surface area contributed by atoms with Gasteiger partial charge in [0.15, 0.2) is 0 Å². The van der Waals surface area contributed by atoms with Crippen molar-refractivity contribution in [1.29, 1.82) is 0 Å². The van der Waals surface area contributed by atoms with Crippen LogP contribution in [0.25, 0.3) is 88.1 Å². The molecule has 2 atom stereocenters. The van der Waals surface area contributed by atoms with Crippen LogP contribution < -0.4 is 11.1 Å². The van der Waals surface area contributed by atoms with Gasteiger partial charge in [0.05, 0.1) is 22.5 Å². The predicted molar refractivity (Wildman–Crippen MR) is 255 cm³/mol. The summed E-state index contributed by atoms with van der Waals surface area (Å²) in [6, 6.07) is 54.9. The molecule has 0 aliphatic heterocycles. The average molecular weight is 787 g/mol. The van der Waals surface area contributed by atoms with Crippen LogP contribution in [0.3, 0.4) is 0 Å². The molecule has 61 heavy (non-hydrogen) atoms. The maximum absolute atomic E-state index is 6.95. The summed E-state index contributed by atoms with van der Waals surface area (Å²) in [6.07, 6.45) is 18.8. The van der Waals surface area contributed by atoms with Crippen molar-refractivity contribution in [2.75, 3.05) is 0 Å². The van der Waals surface area contributed by atoms with Crippen molar-refractivity contribution < 1.29 is 4.42 Å². The van der Waals surface area contributed by atoms with Crippen molar-refractivity contribution in [3.63, 3.8) is 0 Å². The number of hydrogen-bond acceptors (Lipinski definition) is 3. The number of nitrogens with zero attached hydrogens (tertiary/aromatic N) is 2. The first-order valence-electron chi connectivity index (χ1n) is 21.2. The zero-order valence-corrected chi connectivity index (χ0v) is 33.5. The highest BCUT2D eigenvalue weighted by atomic mass is 16.3. The summed E-state index contributed by atoms with van der Waals surface area (Å²) in [7, 11) is 0. The van der Waals surface area contributed by atoms with E-state index in [2.05, 4.69) is 203 Å². The second kappa shape index (κ2) is 14.3. The topological polar surface area (TPSA) is 61.0 Å². The van der Waals surface area contributed by atoms with Crippen LogP contribution in [0, 0.1) is 0 Å². The average Bonchev–Trinajstić information content (AvgIpc) is 3.99. The second-order valence-corrected chi connectivity index (χ2v) is 16.2. The van der Waals surface area contributed by atoms with Crippen molar-refractivity contribution in [3.8, 4) is 16.8 Å². The quantitative estimate of drug-likeness (QED) is 0.158. The number of para-hydroxylation sites is 2. The first-order chi connectivity index (χ1) is 30.2. The lowest BCUT2D eigenvalue weighted by Crippen LogP contribution is -2.28. The summed E-state index contributed by atoms with van der Waals surface area (Å²) in [4.78, 5) is 0. The summed E-state index contributed by atoms with van der Waals surface area (Å²) in [5.74, 6) is 0. The fourth-order valence-corrected chi connectivity index (χ4v) is 9.78. The maximum Gasteiger partial charge on any atom is 0.145 e. The third kappa shape index (κ3) is 5.81. The highest BCUT2D eigenvalue weighted by molar-refractivity contribution is 6.24. The van der Waals surface area contributed by atoms with E-state index in [4.69, 9.17) is 10.2 Å². The number of benzene rings is 7. The molecule has 0 saturated carbocycles. The van der Waals surface area contributed by atoms with Gasteiger partial charge in [0, 0.05) is 49.3 Å². The molecule has 5 heteroatoms. The molecule has 2 aliphatic carbocycles. The van der Waals surface area contributed by atoms with Crippen LogP contribution in [0.5, 0.6) is 0 Å². The van der Waals surface area contributed by atoms with Crippen molar-refractivity contribution in [1.82, 2.24) is 14.5 Å². The first kappa shape index (κ1) is 35.4. The summed E-state index contributed by atoms with van der Waals surface area (Å²) in [5.41, 5.74) is 21.3. The number of aromatic nitrogens is 2. The van der Waals surface area contributed by atoms with Gasteiger partial charge in [-0.3, -0.25) is 0 Å². The number of furan rings is 1. The van der Waals surface area contributed by atoms with E-state index in [1.54, 1.807) is 0 Å². The Bertz CT molecular complexity index is 3520. The molecule has 0 amide bonds. The molecule has 0 radical (unpaired) electrons. The normalized spacial score (nSPS) is 16.5. The van der Waals surface area contributed by atoms with Gasteiger partial charge in [-0.15, -0.1) is 0 Å². The van der Waals surface area contributed by atoms with E-state index in [1.807, 2.05) is 12.1 Å². The van der Waals surface area contributed by atoms with E-state index in [-0.39, 0.29) is 6.04 Å². The van der Waals surface area contributed by atoms with E-state index in [1.165, 1.54) is 32.9 Å². The molecule has 2 unspecified atom stereocenters. The number of hydrogen-bond donors (Lipinski definition) is 2. The zero-order valence-electron chi connectivity index (χ0n) is 33.5. The Hall–Kier alpha value is -7.60. The number of nitrogens with one attached hydrogen (secondary N) is 1. The molecule has 5 nitrogen and oxygen atoms in total. The molecule has 0 saturated heterocycles.